The van der Waals surface area contributed by atoms with Gasteiger partial charge in [-0.05, 0) is 38.1 Å². The summed E-state index contributed by atoms with van der Waals surface area (Å²) in [6.07, 6.45) is 0.886. The summed E-state index contributed by atoms with van der Waals surface area (Å²) in [4.78, 5) is 4.49. The Morgan fingerprint density at radius 2 is 2.06 bits per heavy atom. The van der Waals surface area contributed by atoms with E-state index in [1.165, 1.54) is 12.1 Å². The Kier molecular flexibility index (Phi) is 4.44. The third kappa shape index (κ3) is 3.37. The summed E-state index contributed by atoms with van der Waals surface area (Å²) < 4.78 is 12.9. The Hall–Kier alpha value is -1.26. The highest BCUT2D eigenvalue weighted by molar-refractivity contribution is 7.09. The van der Waals surface area contributed by atoms with Crippen molar-refractivity contribution < 1.29 is 4.39 Å². The van der Waals surface area contributed by atoms with Crippen LogP contribution in [0.15, 0.2) is 29.6 Å². The predicted octanol–water partition coefficient (Wildman–Crippen LogP) is 3.14. The van der Waals surface area contributed by atoms with E-state index in [9.17, 15) is 4.39 Å². The van der Waals surface area contributed by atoms with E-state index in [1.54, 1.807) is 11.3 Å². The molecule has 0 aliphatic carbocycles. The smallest absolute Gasteiger partial charge is 0.123 e. The van der Waals surface area contributed by atoms with Gasteiger partial charge in [-0.2, -0.15) is 0 Å². The number of hydrogen-bond acceptors (Lipinski definition) is 3. The fourth-order valence-corrected chi connectivity index (χ4v) is 2.67. The number of nitrogens with zero attached hydrogens (tertiary/aromatic N) is 1. The molecule has 1 heterocycles. The van der Waals surface area contributed by atoms with Crippen molar-refractivity contribution in [1.29, 1.82) is 0 Å². The average molecular weight is 264 g/mol. The molecular formula is C14H17FN2S. The zero-order valence-electron chi connectivity index (χ0n) is 10.6. The van der Waals surface area contributed by atoms with E-state index in [0.29, 0.717) is 5.92 Å². The molecule has 0 amide bonds. The van der Waals surface area contributed by atoms with Gasteiger partial charge in [0.25, 0.3) is 0 Å². The van der Waals surface area contributed by atoms with Crippen molar-refractivity contribution in [2.24, 2.45) is 0 Å². The van der Waals surface area contributed by atoms with E-state index in [4.69, 9.17) is 0 Å². The van der Waals surface area contributed by atoms with Crippen molar-refractivity contribution in [1.82, 2.24) is 10.3 Å². The molecule has 4 heteroatoms. The molecule has 1 unspecified atom stereocenters. The lowest BCUT2D eigenvalue weighted by Crippen LogP contribution is -2.19. The van der Waals surface area contributed by atoms with Crippen LogP contribution >= 0.6 is 11.3 Å². The molecule has 0 saturated carbocycles. The largest absolute Gasteiger partial charge is 0.319 e. The summed E-state index contributed by atoms with van der Waals surface area (Å²) in [6.45, 7) is 2.88. The molecule has 1 atom stereocenters. The van der Waals surface area contributed by atoms with E-state index >= 15 is 0 Å². The predicted molar refractivity (Wildman–Crippen MR) is 73.6 cm³/mol. The second-order valence-corrected chi connectivity index (χ2v) is 5.43. The summed E-state index contributed by atoms with van der Waals surface area (Å²) in [5.41, 5.74) is 2.26. The van der Waals surface area contributed by atoms with Crippen molar-refractivity contribution in [2.75, 3.05) is 13.6 Å². The lowest BCUT2D eigenvalue weighted by atomic mass is 9.94. The SMILES string of the molecule is CNCC(Cc1csc(C)n1)c1ccc(F)cc1. The van der Waals surface area contributed by atoms with Gasteiger partial charge >= 0.3 is 0 Å². The summed E-state index contributed by atoms with van der Waals surface area (Å²) in [5, 5.41) is 6.38. The monoisotopic (exact) mass is 264 g/mol. The van der Waals surface area contributed by atoms with E-state index in [0.717, 1.165) is 29.2 Å². The third-order valence-corrected chi connectivity index (χ3v) is 3.74. The van der Waals surface area contributed by atoms with Crippen LogP contribution in [0.5, 0.6) is 0 Å². The van der Waals surface area contributed by atoms with Crippen LogP contribution in [0.25, 0.3) is 0 Å². The van der Waals surface area contributed by atoms with Gasteiger partial charge in [0.05, 0.1) is 10.7 Å². The highest BCUT2D eigenvalue weighted by Gasteiger charge is 2.13. The fourth-order valence-electron chi connectivity index (χ4n) is 2.04. The van der Waals surface area contributed by atoms with E-state index in [1.807, 2.05) is 26.1 Å². The molecular weight excluding hydrogens is 247 g/mol. The molecule has 1 aromatic heterocycles. The van der Waals surface area contributed by atoms with Crippen molar-refractivity contribution in [2.45, 2.75) is 19.3 Å². The molecule has 18 heavy (non-hydrogen) atoms. The minimum atomic E-state index is -0.188. The van der Waals surface area contributed by atoms with Crippen LogP contribution in [-0.2, 0) is 6.42 Å². The Morgan fingerprint density at radius 1 is 1.33 bits per heavy atom. The van der Waals surface area contributed by atoms with Crippen molar-refractivity contribution in [3.05, 3.63) is 51.7 Å². The number of thiazole rings is 1. The molecule has 0 aliphatic rings. The first-order valence-corrected chi connectivity index (χ1v) is 6.88. The number of aromatic nitrogens is 1. The van der Waals surface area contributed by atoms with E-state index in [2.05, 4.69) is 15.7 Å². The lowest BCUT2D eigenvalue weighted by molar-refractivity contribution is 0.607. The molecule has 0 fully saturated rings. The Labute approximate surface area is 111 Å². The first-order valence-electron chi connectivity index (χ1n) is 6.00. The maximum atomic E-state index is 12.9. The normalized spacial score (nSPS) is 12.6. The van der Waals surface area contributed by atoms with Gasteiger partial charge in [-0.3, -0.25) is 0 Å². The molecule has 1 N–H and O–H groups in total. The van der Waals surface area contributed by atoms with Crippen LogP contribution in [0.2, 0.25) is 0 Å². The zero-order chi connectivity index (χ0) is 13.0. The molecule has 2 rings (SSSR count). The minimum absolute atomic E-state index is 0.188. The highest BCUT2D eigenvalue weighted by Crippen LogP contribution is 2.21. The number of halogens is 1. The van der Waals surface area contributed by atoms with Gasteiger partial charge < -0.3 is 5.32 Å². The van der Waals surface area contributed by atoms with Crippen LogP contribution in [0.1, 0.15) is 22.2 Å². The number of rotatable bonds is 5. The van der Waals surface area contributed by atoms with Crippen LogP contribution in [0, 0.1) is 12.7 Å². The van der Waals surface area contributed by atoms with Gasteiger partial charge in [-0.25, -0.2) is 9.37 Å². The Bertz CT molecular complexity index is 493. The first-order chi connectivity index (χ1) is 8.69. The Morgan fingerprint density at radius 3 is 2.61 bits per heavy atom. The van der Waals surface area contributed by atoms with Crippen molar-refractivity contribution in [3.8, 4) is 0 Å². The number of benzene rings is 1. The Balaban J connectivity index is 2.14. The maximum absolute atomic E-state index is 12.9. The molecule has 2 nitrogen and oxygen atoms in total. The van der Waals surface area contributed by atoms with Gasteiger partial charge in [0.1, 0.15) is 5.82 Å². The van der Waals surface area contributed by atoms with Crippen molar-refractivity contribution in [3.63, 3.8) is 0 Å². The molecule has 0 saturated heterocycles. The standard InChI is InChI=1S/C14H17FN2S/c1-10-17-14(9-18-10)7-12(8-16-2)11-3-5-13(15)6-4-11/h3-6,9,12,16H,7-8H2,1-2H3. The third-order valence-electron chi connectivity index (χ3n) is 2.91. The summed E-state index contributed by atoms with van der Waals surface area (Å²) in [6, 6.07) is 6.75. The van der Waals surface area contributed by atoms with E-state index < -0.39 is 0 Å². The lowest BCUT2D eigenvalue weighted by Gasteiger charge is -2.15. The van der Waals surface area contributed by atoms with Crippen LogP contribution in [-0.4, -0.2) is 18.6 Å². The molecule has 0 radical (unpaired) electrons. The minimum Gasteiger partial charge on any atom is -0.319 e. The van der Waals surface area contributed by atoms with Crippen LogP contribution in [0.4, 0.5) is 4.39 Å². The first kappa shape index (κ1) is 13.2. The van der Waals surface area contributed by atoms with Gasteiger partial charge in [-0.15, -0.1) is 11.3 Å². The highest BCUT2D eigenvalue weighted by atomic mass is 32.1. The second-order valence-electron chi connectivity index (χ2n) is 4.37. The van der Waals surface area contributed by atoms with Gasteiger partial charge in [0, 0.05) is 17.8 Å². The van der Waals surface area contributed by atoms with Crippen LogP contribution < -0.4 is 5.32 Å². The fraction of sp³-hybridized carbons (Fsp3) is 0.357. The molecule has 0 bridgehead atoms. The molecule has 0 aliphatic heterocycles. The van der Waals surface area contributed by atoms with E-state index in [-0.39, 0.29) is 5.82 Å². The molecule has 96 valence electrons. The average Bonchev–Trinajstić information content (AvgIpc) is 2.75. The quantitative estimate of drug-likeness (QED) is 0.897. The maximum Gasteiger partial charge on any atom is 0.123 e. The number of aryl methyl sites for hydroxylation is 1. The molecule has 1 aromatic carbocycles. The number of nitrogens with one attached hydrogen (secondary N) is 1. The van der Waals surface area contributed by atoms with Gasteiger partial charge in [-0.1, -0.05) is 12.1 Å². The second kappa shape index (κ2) is 6.07. The summed E-state index contributed by atoms with van der Waals surface area (Å²) in [7, 11) is 1.93. The van der Waals surface area contributed by atoms with Gasteiger partial charge in [0.2, 0.25) is 0 Å². The summed E-state index contributed by atoms with van der Waals surface area (Å²) >= 11 is 1.67. The summed E-state index contributed by atoms with van der Waals surface area (Å²) in [5.74, 6) is 0.142. The van der Waals surface area contributed by atoms with Crippen molar-refractivity contribution >= 4 is 11.3 Å². The zero-order valence-corrected chi connectivity index (χ0v) is 11.4. The topological polar surface area (TPSA) is 24.9 Å². The van der Waals surface area contributed by atoms with Gasteiger partial charge in [0.15, 0.2) is 0 Å². The molecule has 2 aromatic rings. The number of hydrogen-bond donors (Lipinski definition) is 1. The molecule has 0 spiro atoms. The number of likely N-dealkylation sites (N-methyl/N-ethyl adjacent to an activating group) is 1. The van der Waals surface area contributed by atoms with Crippen LogP contribution in [0.3, 0.4) is 0 Å².